The minimum Gasteiger partial charge on any atom is -0.496 e. The predicted octanol–water partition coefficient (Wildman–Crippen LogP) is 4.20. The SMILES string of the molecule is C=CCn1c(SCC(=O)N(C)Cc2ccc(C)cc2)nnc1-c1ccccc1OC. The monoisotopic (exact) mass is 422 g/mol. The van der Waals surface area contributed by atoms with Crippen LogP contribution in [-0.4, -0.2) is 45.5 Å². The van der Waals surface area contributed by atoms with E-state index in [1.54, 1.807) is 18.1 Å². The standard InChI is InChI=1S/C23H26N4O2S/c1-5-14-27-22(19-8-6-7-9-20(19)29-4)24-25-23(27)30-16-21(28)26(3)15-18-12-10-17(2)11-13-18/h5-13H,1,14-16H2,2-4H3. The van der Waals surface area contributed by atoms with E-state index in [9.17, 15) is 4.79 Å². The van der Waals surface area contributed by atoms with Crippen molar-refractivity contribution < 1.29 is 9.53 Å². The van der Waals surface area contributed by atoms with Gasteiger partial charge in [-0.3, -0.25) is 9.36 Å². The third-order valence-corrected chi connectivity index (χ3v) is 5.62. The Balaban J connectivity index is 1.71. The van der Waals surface area contributed by atoms with Crippen LogP contribution in [0.3, 0.4) is 0 Å². The van der Waals surface area contributed by atoms with Gasteiger partial charge in [0.15, 0.2) is 11.0 Å². The van der Waals surface area contributed by atoms with Crippen molar-refractivity contribution in [2.24, 2.45) is 0 Å². The van der Waals surface area contributed by atoms with Gasteiger partial charge in [0.1, 0.15) is 5.75 Å². The molecule has 0 aliphatic rings. The topological polar surface area (TPSA) is 60.2 Å². The van der Waals surface area contributed by atoms with Crippen molar-refractivity contribution >= 4 is 17.7 Å². The smallest absolute Gasteiger partial charge is 0.233 e. The largest absolute Gasteiger partial charge is 0.496 e. The van der Waals surface area contributed by atoms with Gasteiger partial charge in [-0.25, -0.2) is 0 Å². The van der Waals surface area contributed by atoms with Crippen molar-refractivity contribution in [3.8, 4) is 17.1 Å². The van der Waals surface area contributed by atoms with Crippen LogP contribution in [0, 0.1) is 6.92 Å². The molecule has 6 nitrogen and oxygen atoms in total. The number of rotatable bonds is 9. The highest BCUT2D eigenvalue weighted by Crippen LogP contribution is 2.31. The van der Waals surface area contributed by atoms with Crippen LogP contribution in [0.1, 0.15) is 11.1 Å². The zero-order valence-corrected chi connectivity index (χ0v) is 18.4. The molecule has 0 spiro atoms. The van der Waals surface area contributed by atoms with Crippen LogP contribution in [-0.2, 0) is 17.9 Å². The summed E-state index contributed by atoms with van der Waals surface area (Å²) in [6.45, 7) is 7.00. The summed E-state index contributed by atoms with van der Waals surface area (Å²) < 4.78 is 7.41. The van der Waals surface area contributed by atoms with Crippen molar-refractivity contribution in [2.45, 2.75) is 25.2 Å². The molecule has 1 heterocycles. The molecule has 0 unspecified atom stereocenters. The molecule has 1 amide bonds. The van der Waals surface area contributed by atoms with Gasteiger partial charge in [-0.15, -0.1) is 16.8 Å². The van der Waals surface area contributed by atoms with Gasteiger partial charge in [0.2, 0.25) is 5.91 Å². The first-order chi connectivity index (χ1) is 14.5. The van der Waals surface area contributed by atoms with Crippen LogP contribution in [0.25, 0.3) is 11.4 Å². The number of hydrogen-bond acceptors (Lipinski definition) is 5. The highest BCUT2D eigenvalue weighted by molar-refractivity contribution is 7.99. The van der Waals surface area contributed by atoms with E-state index in [1.165, 1.54) is 17.3 Å². The van der Waals surface area contributed by atoms with E-state index < -0.39 is 0 Å². The van der Waals surface area contributed by atoms with E-state index in [4.69, 9.17) is 4.74 Å². The first-order valence-electron chi connectivity index (χ1n) is 9.63. The van der Waals surface area contributed by atoms with Crippen molar-refractivity contribution in [3.05, 3.63) is 72.3 Å². The molecule has 0 atom stereocenters. The van der Waals surface area contributed by atoms with Crippen molar-refractivity contribution in [2.75, 3.05) is 19.9 Å². The minimum atomic E-state index is 0.0348. The Morgan fingerprint density at radius 3 is 2.63 bits per heavy atom. The molecule has 30 heavy (non-hydrogen) atoms. The maximum Gasteiger partial charge on any atom is 0.233 e. The average Bonchev–Trinajstić information content (AvgIpc) is 3.16. The number of ether oxygens (including phenoxy) is 1. The maximum absolute atomic E-state index is 12.6. The normalized spacial score (nSPS) is 10.6. The molecule has 0 N–H and O–H groups in total. The number of carbonyl (C=O) groups is 1. The molecule has 0 aliphatic heterocycles. The highest BCUT2D eigenvalue weighted by Gasteiger charge is 2.18. The lowest BCUT2D eigenvalue weighted by molar-refractivity contribution is -0.127. The average molecular weight is 423 g/mol. The van der Waals surface area contributed by atoms with E-state index >= 15 is 0 Å². The molecule has 7 heteroatoms. The number of aryl methyl sites for hydroxylation is 1. The quantitative estimate of drug-likeness (QED) is 0.382. The number of amides is 1. The number of thioether (sulfide) groups is 1. The van der Waals surface area contributed by atoms with Gasteiger partial charge in [-0.2, -0.15) is 0 Å². The molecule has 0 saturated carbocycles. The second-order valence-electron chi connectivity index (χ2n) is 6.93. The Labute approximate surface area is 181 Å². The third-order valence-electron chi connectivity index (χ3n) is 4.67. The molecule has 3 aromatic rings. The second kappa shape index (κ2) is 10.1. The van der Waals surface area contributed by atoms with Gasteiger partial charge in [0.25, 0.3) is 0 Å². The number of aromatic nitrogens is 3. The van der Waals surface area contributed by atoms with Crippen LogP contribution in [0.4, 0.5) is 0 Å². The van der Waals surface area contributed by atoms with Gasteiger partial charge in [-0.05, 0) is 24.6 Å². The summed E-state index contributed by atoms with van der Waals surface area (Å²) in [5.74, 6) is 1.73. The third kappa shape index (κ3) is 5.10. The summed E-state index contributed by atoms with van der Waals surface area (Å²) in [7, 11) is 3.45. The molecular weight excluding hydrogens is 396 g/mol. The van der Waals surface area contributed by atoms with Gasteiger partial charge in [-0.1, -0.05) is 59.8 Å². The fourth-order valence-electron chi connectivity index (χ4n) is 3.01. The summed E-state index contributed by atoms with van der Waals surface area (Å²) in [5, 5.41) is 9.34. The molecule has 0 bridgehead atoms. The molecule has 0 aliphatic carbocycles. The Kier molecular flexibility index (Phi) is 7.30. The van der Waals surface area contributed by atoms with Crippen LogP contribution in [0.2, 0.25) is 0 Å². The lowest BCUT2D eigenvalue weighted by Gasteiger charge is -2.17. The van der Waals surface area contributed by atoms with Crippen molar-refractivity contribution in [1.29, 1.82) is 0 Å². The van der Waals surface area contributed by atoms with Gasteiger partial charge in [0, 0.05) is 20.1 Å². The van der Waals surface area contributed by atoms with Gasteiger partial charge >= 0.3 is 0 Å². The van der Waals surface area contributed by atoms with Crippen LogP contribution < -0.4 is 4.74 Å². The van der Waals surface area contributed by atoms with Crippen LogP contribution >= 0.6 is 11.8 Å². The molecule has 0 fully saturated rings. The van der Waals surface area contributed by atoms with E-state index in [0.29, 0.717) is 24.1 Å². The number of methoxy groups -OCH3 is 1. The Bertz CT molecular complexity index is 1010. The van der Waals surface area contributed by atoms with Crippen molar-refractivity contribution in [3.63, 3.8) is 0 Å². The molecule has 0 radical (unpaired) electrons. The first kappa shape index (κ1) is 21.6. The number of carbonyl (C=O) groups excluding carboxylic acids is 1. The van der Waals surface area contributed by atoms with E-state index in [1.807, 2.05) is 54.9 Å². The zero-order valence-electron chi connectivity index (χ0n) is 17.5. The Hall–Kier alpha value is -3.06. The van der Waals surface area contributed by atoms with Crippen LogP contribution in [0.15, 0.2) is 66.3 Å². The van der Waals surface area contributed by atoms with E-state index in [2.05, 4.69) is 28.9 Å². The second-order valence-corrected chi connectivity index (χ2v) is 7.87. The fourth-order valence-corrected chi connectivity index (χ4v) is 3.90. The number of nitrogens with zero attached hydrogens (tertiary/aromatic N) is 4. The number of allylic oxidation sites excluding steroid dienone is 1. The summed E-state index contributed by atoms with van der Waals surface area (Å²) in [5.41, 5.74) is 3.16. The van der Waals surface area contributed by atoms with Gasteiger partial charge in [0.05, 0.1) is 18.4 Å². The van der Waals surface area contributed by atoms with Gasteiger partial charge < -0.3 is 9.64 Å². The minimum absolute atomic E-state index is 0.0348. The summed E-state index contributed by atoms with van der Waals surface area (Å²) in [6.07, 6.45) is 1.79. The number of hydrogen-bond donors (Lipinski definition) is 0. The molecular formula is C23H26N4O2S. The summed E-state index contributed by atoms with van der Waals surface area (Å²) in [6, 6.07) is 15.9. The lowest BCUT2D eigenvalue weighted by atomic mass is 10.1. The molecule has 0 saturated heterocycles. The Morgan fingerprint density at radius 1 is 1.20 bits per heavy atom. The van der Waals surface area contributed by atoms with Crippen molar-refractivity contribution in [1.82, 2.24) is 19.7 Å². The number of para-hydroxylation sites is 1. The molecule has 1 aromatic heterocycles. The fraction of sp³-hybridized carbons (Fsp3) is 0.261. The highest BCUT2D eigenvalue weighted by atomic mass is 32.2. The first-order valence-corrected chi connectivity index (χ1v) is 10.6. The summed E-state index contributed by atoms with van der Waals surface area (Å²) in [4.78, 5) is 14.4. The van der Waals surface area contributed by atoms with Crippen LogP contribution in [0.5, 0.6) is 5.75 Å². The van der Waals surface area contributed by atoms with E-state index in [-0.39, 0.29) is 11.7 Å². The number of benzene rings is 2. The summed E-state index contributed by atoms with van der Waals surface area (Å²) >= 11 is 1.37. The molecule has 156 valence electrons. The lowest BCUT2D eigenvalue weighted by Crippen LogP contribution is -2.27. The maximum atomic E-state index is 12.6. The Morgan fingerprint density at radius 2 is 1.93 bits per heavy atom. The molecule has 2 aromatic carbocycles. The molecule has 3 rings (SSSR count). The van der Waals surface area contributed by atoms with E-state index in [0.717, 1.165) is 16.9 Å². The zero-order chi connectivity index (χ0) is 21.5. The predicted molar refractivity (Wildman–Crippen MR) is 121 cm³/mol.